The number of alkyl halides is 3. The molecule has 0 aliphatic rings. The number of para-hydroxylation sites is 2. The van der Waals surface area contributed by atoms with Crippen molar-refractivity contribution in [1.82, 2.24) is 0 Å². The van der Waals surface area contributed by atoms with Crippen molar-refractivity contribution < 1.29 is 45.3 Å². The number of nitrogens with one attached hydrogen (secondary N) is 1. The first kappa shape index (κ1) is 24.9. The number of benzene rings is 2. The van der Waals surface area contributed by atoms with E-state index < -0.39 is 28.8 Å². The molecule has 2 aromatic rings. The summed E-state index contributed by atoms with van der Waals surface area (Å²) in [6.07, 6.45) is -2.23. The summed E-state index contributed by atoms with van der Waals surface area (Å²) in [4.78, 5) is 11.0. The Balaban J connectivity index is 2.50. The van der Waals surface area contributed by atoms with Gasteiger partial charge in [-0.2, -0.15) is 13.2 Å². The van der Waals surface area contributed by atoms with Crippen molar-refractivity contribution in [3.63, 3.8) is 0 Å². The Hall–Kier alpha value is -3.41. The SMILES string of the molecule is COC(=O)/C=C/c1cc(OC)c(OC)c(S(=O)(=O)Nc2ccccc2OCC(F)(F)F)c1. The summed E-state index contributed by atoms with van der Waals surface area (Å²) < 4.78 is 85.6. The van der Waals surface area contributed by atoms with Gasteiger partial charge in [0, 0.05) is 6.08 Å². The zero-order chi connectivity index (χ0) is 23.9. The minimum Gasteiger partial charge on any atom is -0.493 e. The van der Waals surface area contributed by atoms with Crippen LogP contribution in [-0.4, -0.2) is 48.5 Å². The Morgan fingerprint density at radius 2 is 1.75 bits per heavy atom. The van der Waals surface area contributed by atoms with Crippen LogP contribution in [0.4, 0.5) is 18.9 Å². The third-order valence-electron chi connectivity index (χ3n) is 3.89. The quantitative estimate of drug-likeness (QED) is 0.437. The minimum atomic E-state index is -4.61. The highest BCUT2D eigenvalue weighted by molar-refractivity contribution is 7.92. The van der Waals surface area contributed by atoms with E-state index in [0.717, 1.165) is 6.08 Å². The van der Waals surface area contributed by atoms with E-state index in [0.29, 0.717) is 0 Å². The molecule has 12 heteroatoms. The fourth-order valence-electron chi connectivity index (χ4n) is 2.51. The van der Waals surface area contributed by atoms with Crippen LogP contribution in [-0.2, 0) is 19.6 Å². The van der Waals surface area contributed by atoms with Crippen LogP contribution in [0.25, 0.3) is 6.08 Å². The van der Waals surface area contributed by atoms with E-state index in [1.54, 1.807) is 0 Å². The molecule has 8 nitrogen and oxygen atoms in total. The van der Waals surface area contributed by atoms with Crippen molar-refractivity contribution >= 4 is 27.8 Å². The summed E-state index contributed by atoms with van der Waals surface area (Å²) in [5, 5.41) is 0. The molecule has 2 rings (SSSR count). The van der Waals surface area contributed by atoms with Crippen molar-refractivity contribution in [3.05, 3.63) is 48.0 Å². The maximum atomic E-state index is 13.1. The number of methoxy groups -OCH3 is 3. The van der Waals surface area contributed by atoms with Gasteiger partial charge in [0.05, 0.1) is 27.0 Å². The summed E-state index contributed by atoms with van der Waals surface area (Å²) in [5.74, 6) is -1.09. The molecule has 0 fully saturated rings. The number of halogens is 3. The van der Waals surface area contributed by atoms with Crippen LogP contribution < -0.4 is 18.9 Å². The summed E-state index contributed by atoms with van der Waals surface area (Å²) >= 11 is 0. The lowest BCUT2D eigenvalue weighted by molar-refractivity contribution is -0.153. The van der Waals surface area contributed by atoms with E-state index in [-0.39, 0.29) is 33.4 Å². The summed E-state index contributed by atoms with van der Waals surface area (Å²) in [6, 6.07) is 7.88. The van der Waals surface area contributed by atoms with E-state index in [2.05, 4.69) is 9.46 Å². The van der Waals surface area contributed by atoms with Gasteiger partial charge in [-0.15, -0.1) is 0 Å². The number of sulfonamides is 1. The molecule has 0 unspecified atom stereocenters. The van der Waals surface area contributed by atoms with Crippen LogP contribution in [0.5, 0.6) is 17.2 Å². The molecule has 0 amide bonds. The van der Waals surface area contributed by atoms with Gasteiger partial charge in [-0.25, -0.2) is 13.2 Å². The van der Waals surface area contributed by atoms with Gasteiger partial charge in [0.25, 0.3) is 10.0 Å². The second-order valence-electron chi connectivity index (χ2n) is 6.12. The van der Waals surface area contributed by atoms with E-state index in [1.807, 2.05) is 0 Å². The maximum absolute atomic E-state index is 13.1. The zero-order valence-corrected chi connectivity index (χ0v) is 18.0. The Kier molecular flexibility index (Phi) is 7.97. The monoisotopic (exact) mass is 475 g/mol. The largest absolute Gasteiger partial charge is 0.493 e. The first-order valence-corrected chi connectivity index (χ1v) is 10.3. The second kappa shape index (κ2) is 10.3. The minimum absolute atomic E-state index is 0.0431. The fraction of sp³-hybridized carbons (Fsp3) is 0.250. The lowest BCUT2D eigenvalue weighted by Crippen LogP contribution is -2.20. The molecule has 0 atom stereocenters. The van der Waals surface area contributed by atoms with Crippen molar-refractivity contribution in [3.8, 4) is 17.2 Å². The van der Waals surface area contributed by atoms with Crippen LogP contribution in [0.15, 0.2) is 47.4 Å². The number of hydrogen-bond acceptors (Lipinski definition) is 7. The second-order valence-corrected chi connectivity index (χ2v) is 7.77. The molecular weight excluding hydrogens is 455 g/mol. The fourth-order valence-corrected chi connectivity index (χ4v) is 3.80. The summed E-state index contributed by atoms with van der Waals surface area (Å²) in [7, 11) is -0.707. The van der Waals surface area contributed by atoms with Gasteiger partial charge in [0.2, 0.25) is 0 Å². The molecule has 0 aliphatic carbocycles. The van der Waals surface area contributed by atoms with Crippen molar-refractivity contribution in [2.75, 3.05) is 32.7 Å². The average molecular weight is 475 g/mol. The zero-order valence-electron chi connectivity index (χ0n) is 17.2. The van der Waals surface area contributed by atoms with Gasteiger partial charge in [-0.05, 0) is 35.9 Å². The van der Waals surface area contributed by atoms with Crippen LogP contribution in [0.1, 0.15) is 5.56 Å². The molecule has 0 aromatic heterocycles. The highest BCUT2D eigenvalue weighted by Crippen LogP contribution is 2.38. The van der Waals surface area contributed by atoms with Crippen LogP contribution in [0.2, 0.25) is 0 Å². The Morgan fingerprint density at radius 1 is 1.06 bits per heavy atom. The number of esters is 1. The number of rotatable bonds is 9. The average Bonchev–Trinajstić information content (AvgIpc) is 2.75. The molecule has 174 valence electrons. The molecule has 0 spiro atoms. The third-order valence-corrected chi connectivity index (χ3v) is 5.26. The smallest absolute Gasteiger partial charge is 0.422 e. The number of ether oxygens (including phenoxy) is 4. The lowest BCUT2D eigenvalue weighted by Gasteiger charge is -2.17. The van der Waals surface area contributed by atoms with Crippen LogP contribution >= 0.6 is 0 Å². The molecule has 0 aliphatic heterocycles. The van der Waals surface area contributed by atoms with Gasteiger partial charge >= 0.3 is 12.1 Å². The predicted octanol–water partition coefficient (Wildman–Crippen LogP) is 3.63. The van der Waals surface area contributed by atoms with Crippen LogP contribution in [0, 0.1) is 0 Å². The Morgan fingerprint density at radius 3 is 2.34 bits per heavy atom. The highest BCUT2D eigenvalue weighted by atomic mass is 32.2. The van der Waals surface area contributed by atoms with Gasteiger partial charge in [0.1, 0.15) is 10.6 Å². The molecule has 0 radical (unpaired) electrons. The first-order valence-electron chi connectivity index (χ1n) is 8.84. The first-order chi connectivity index (χ1) is 15.0. The molecule has 0 saturated heterocycles. The predicted molar refractivity (Wildman–Crippen MR) is 109 cm³/mol. The van der Waals surface area contributed by atoms with Crippen molar-refractivity contribution in [1.29, 1.82) is 0 Å². The molecule has 32 heavy (non-hydrogen) atoms. The molecular formula is C20H20F3NO7S. The van der Waals surface area contributed by atoms with E-state index >= 15 is 0 Å². The van der Waals surface area contributed by atoms with E-state index in [4.69, 9.17) is 14.2 Å². The van der Waals surface area contributed by atoms with Crippen molar-refractivity contribution in [2.45, 2.75) is 11.1 Å². The Labute approximate surface area is 182 Å². The third kappa shape index (κ3) is 6.54. The molecule has 2 aromatic carbocycles. The summed E-state index contributed by atoms with van der Waals surface area (Å²) in [5.41, 5.74) is 0.0447. The topological polar surface area (TPSA) is 100 Å². The van der Waals surface area contributed by atoms with Gasteiger partial charge < -0.3 is 18.9 Å². The van der Waals surface area contributed by atoms with Gasteiger partial charge in [-0.3, -0.25) is 4.72 Å². The summed E-state index contributed by atoms with van der Waals surface area (Å²) in [6.45, 7) is -1.60. The normalized spacial score (nSPS) is 11.8. The highest BCUT2D eigenvalue weighted by Gasteiger charge is 2.30. The van der Waals surface area contributed by atoms with E-state index in [9.17, 15) is 26.4 Å². The number of anilines is 1. The molecule has 0 heterocycles. The number of carbonyl (C=O) groups excluding carboxylic acids is 1. The van der Waals surface area contributed by atoms with Gasteiger partial charge in [-0.1, -0.05) is 12.1 Å². The molecule has 1 N–H and O–H groups in total. The lowest BCUT2D eigenvalue weighted by atomic mass is 10.2. The molecule has 0 saturated carbocycles. The van der Waals surface area contributed by atoms with Crippen LogP contribution in [0.3, 0.4) is 0 Å². The standard InChI is InChI=1S/C20H20F3NO7S/c1-28-16-10-13(8-9-18(25)29-2)11-17(19(16)30-3)32(26,27)24-14-6-4-5-7-15(14)31-12-20(21,22)23/h4-11,24H,12H2,1-3H3/b9-8+. The van der Waals surface area contributed by atoms with Gasteiger partial charge in [0.15, 0.2) is 18.1 Å². The number of hydrogen-bond donors (Lipinski definition) is 1. The maximum Gasteiger partial charge on any atom is 0.422 e. The molecule has 0 bridgehead atoms. The van der Waals surface area contributed by atoms with Crippen molar-refractivity contribution in [2.24, 2.45) is 0 Å². The van der Waals surface area contributed by atoms with E-state index in [1.165, 1.54) is 63.8 Å². The Bertz CT molecular complexity index is 1100. The number of carbonyl (C=O) groups is 1.